The zero-order chi connectivity index (χ0) is 32.8. The van der Waals surface area contributed by atoms with Gasteiger partial charge in [0.05, 0.1) is 38.9 Å². The van der Waals surface area contributed by atoms with Crippen molar-refractivity contribution in [2.75, 3.05) is 0 Å². The molecule has 0 aliphatic heterocycles. The molecular formula is C44H30N4. The van der Waals surface area contributed by atoms with Crippen LogP contribution in [-0.2, 0) is 0 Å². The van der Waals surface area contributed by atoms with Crippen molar-refractivity contribution < 1.29 is 0 Å². The highest BCUT2D eigenvalue weighted by molar-refractivity contribution is 6.11. The molecule has 0 N–H and O–H groups in total. The van der Waals surface area contributed by atoms with Crippen LogP contribution in [0.25, 0.3) is 71.7 Å². The lowest BCUT2D eigenvalue weighted by Gasteiger charge is -2.18. The van der Waals surface area contributed by atoms with E-state index in [1.165, 1.54) is 21.5 Å². The molecular weight excluding hydrogens is 585 g/mol. The van der Waals surface area contributed by atoms with Crippen LogP contribution in [0, 0.1) is 22.7 Å². The first-order chi connectivity index (χ1) is 23.6. The van der Waals surface area contributed by atoms with E-state index in [1.807, 2.05) is 18.2 Å². The van der Waals surface area contributed by atoms with Crippen molar-refractivity contribution in [1.82, 2.24) is 9.13 Å². The number of nitriles is 2. The van der Waals surface area contributed by atoms with Crippen LogP contribution in [0.15, 0.2) is 146 Å². The fraction of sp³-hybridized carbons (Fsp3) is 0.0455. The Kier molecular flexibility index (Phi) is 6.98. The van der Waals surface area contributed by atoms with Crippen molar-refractivity contribution in [2.45, 2.75) is 13.8 Å². The highest BCUT2D eigenvalue weighted by atomic mass is 15.0. The van der Waals surface area contributed by atoms with E-state index in [9.17, 15) is 10.5 Å². The topological polar surface area (TPSA) is 57.4 Å². The zero-order valence-electron chi connectivity index (χ0n) is 26.6. The van der Waals surface area contributed by atoms with E-state index in [0.29, 0.717) is 11.1 Å². The highest BCUT2D eigenvalue weighted by Crippen LogP contribution is 2.39. The molecule has 0 spiro atoms. The first-order valence-corrected chi connectivity index (χ1v) is 16.0. The van der Waals surface area contributed by atoms with Gasteiger partial charge in [0.1, 0.15) is 12.1 Å². The number of nitrogens with zero attached hydrogens (tertiary/aromatic N) is 4. The summed E-state index contributed by atoms with van der Waals surface area (Å²) < 4.78 is 4.60. The number of hydrogen-bond acceptors (Lipinski definition) is 2. The van der Waals surface area contributed by atoms with Crippen molar-refractivity contribution in [3.05, 3.63) is 162 Å². The van der Waals surface area contributed by atoms with Gasteiger partial charge in [-0.15, -0.1) is 0 Å². The van der Waals surface area contributed by atoms with E-state index >= 15 is 0 Å². The molecule has 0 saturated carbocycles. The maximum atomic E-state index is 10.1. The van der Waals surface area contributed by atoms with Crippen LogP contribution < -0.4 is 0 Å². The van der Waals surface area contributed by atoms with Gasteiger partial charge in [-0.1, -0.05) is 97.1 Å². The van der Waals surface area contributed by atoms with E-state index in [1.54, 1.807) is 0 Å². The Morgan fingerprint density at radius 3 is 1.54 bits per heavy atom. The number of hydrogen-bond donors (Lipinski definition) is 0. The van der Waals surface area contributed by atoms with Crippen molar-refractivity contribution >= 4 is 54.9 Å². The molecule has 0 saturated heterocycles. The van der Waals surface area contributed by atoms with Crippen LogP contribution in [0.4, 0.5) is 0 Å². The van der Waals surface area contributed by atoms with Gasteiger partial charge in [0.15, 0.2) is 0 Å². The van der Waals surface area contributed by atoms with E-state index in [2.05, 4.69) is 163 Å². The minimum absolute atomic E-state index is 0.359. The summed E-state index contributed by atoms with van der Waals surface area (Å²) in [6.07, 6.45) is 4.26. The second-order valence-corrected chi connectivity index (χ2v) is 12.1. The van der Waals surface area contributed by atoms with Crippen molar-refractivity contribution in [2.24, 2.45) is 0 Å². The molecule has 0 amide bonds. The molecule has 0 fully saturated rings. The zero-order valence-corrected chi connectivity index (χ0v) is 26.6. The molecule has 4 heteroatoms. The van der Waals surface area contributed by atoms with Crippen molar-refractivity contribution in [3.63, 3.8) is 0 Å². The van der Waals surface area contributed by atoms with E-state index < -0.39 is 0 Å². The number of para-hydroxylation sites is 5. The monoisotopic (exact) mass is 614 g/mol. The third kappa shape index (κ3) is 4.51. The van der Waals surface area contributed by atoms with Gasteiger partial charge in [-0.05, 0) is 79.1 Å². The summed E-state index contributed by atoms with van der Waals surface area (Å²) in [5, 5.41) is 25.0. The van der Waals surface area contributed by atoms with Gasteiger partial charge >= 0.3 is 0 Å². The number of rotatable bonds is 5. The van der Waals surface area contributed by atoms with Crippen molar-refractivity contribution in [3.8, 4) is 29.0 Å². The molecule has 2 heterocycles. The molecule has 2 aromatic heterocycles. The number of fused-ring (bicyclic) bond motifs is 6. The lowest BCUT2D eigenvalue weighted by molar-refractivity contribution is 1.18. The molecule has 6 aromatic carbocycles. The van der Waals surface area contributed by atoms with E-state index in [-0.39, 0.29) is 0 Å². The van der Waals surface area contributed by atoms with Crippen LogP contribution in [0.5, 0.6) is 0 Å². The molecule has 0 unspecified atom stereocenters. The highest BCUT2D eigenvalue weighted by Gasteiger charge is 2.19. The molecule has 226 valence electrons. The normalized spacial score (nSPS) is 12.2. The lowest BCUT2D eigenvalue weighted by atomic mass is 9.89. The maximum absolute atomic E-state index is 10.1. The predicted octanol–water partition coefficient (Wildman–Crippen LogP) is 11.3. The fourth-order valence-electron chi connectivity index (χ4n) is 7.12. The summed E-state index contributed by atoms with van der Waals surface area (Å²) >= 11 is 0. The first-order valence-electron chi connectivity index (χ1n) is 16.0. The van der Waals surface area contributed by atoms with E-state index in [0.717, 1.165) is 55.7 Å². The van der Waals surface area contributed by atoms with Crippen LogP contribution in [0.1, 0.15) is 30.5 Å². The Morgan fingerprint density at radius 2 is 0.979 bits per heavy atom. The fourth-order valence-corrected chi connectivity index (χ4v) is 7.12. The van der Waals surface area contributed by atoms with Gasteiger partial charge in [0.25, 0.3) is 0 Å². The number of allylic oxidation sites excluding steroid dienone is 4. The summed E-state index contributed by atoms with van der Waals surface area (Å²) in [6.45, 7) is 4.20. The quantitative estimate of drug-likeness (QED) is 0.181. The Morgan fingerprint density at radius 1 is 0.521 bits per heavy atom. The van der Waals surface area contributed by atoms with Gasteiger partial charge in [0, 0.05) is 32.8 Å². The molecule has 4 nitrogen and oxygen atoms in total. The third-order valence-corrected chi connectivity index (χ3v) is 9.35. The van der Waals surface area contributed by atoms with Gasteiger partial charge < -0.3 is 9.13 Å². The van der Waals surface area contributed by atoms with Gasteiger partial charge in [0.2, 0.25) is 0 Å². The third-order valence-electron chi connectivity index (χ3n) is 9.35. The Labute approximate surface area is 278 Å². The van der Waals surface area contributed by atoms with Crippen molar-refractivity contribution in [1.29, 1.82) is 10.5 Å². The SMILES string of the molecule is C/C(=C\C=C(/C)n1c2ccccc2c2ccccc21)c1cc(C#N)c(C#N)cc1-c1ccccc1-n1c2ccccc2c2ccccc21. The summed E-state index contributed by atoms with van der Waals surface area (Å²) in [6, 6.07) is 50.5. The predicted molar refractivity (Wildman–Crippen MR) is 199 cm³/mol. The van der Waals surface area contributed by atoms with E-state index in [4.69, 9.17) is 0 Å². The second kappa shape index (κ2) is 11.6. The average Bonchev–Trinajstić information content (AvgIpc) is 3.66. The van der Waals surface area contributed by atoms with Crippen LogP contribution in [0.3, 0.4) is 0 Å². The van der Waals surface area contributed by atoms with Gasteiger partial charge in [-0.3, -0.25) is 0 Å². The molecule has 0 aliphatic carbocycles. The number of benzene rings is 6. The Balaban J connectivity index is 1.34. The maximum Gasteiger partial charge on any atom is 0.101 e. The van der Waals surface area contributed by atoms with Crippen LogP contribution in [0.2, 0.25) is 0 Å². The second-order valence-electron chi connectivity index (χ2n) is 12.1. The minimum Gasteiger partial charge on any atom is -0.313 e. The van der Waals surface area contributed by atoms with Gasteiger partial charge in [-0.2, -0.15) is 10.5 Å². The summed E-state index contributed by atoms with van der Waals surface area (Å²) in [7, 11) is 0. The molecule has 0 bridgehead atoms. The molecule has 48 heavy (non-hydrogen) atoms. The summed E-state index contributed by atoms with van der Waals surface area (Å²) in [5.41, 5.74) is 11.1. The first kappa shape index (κ1) is 28.8. The number of aromatic nitrogens is 2. The standard InChI is InChI=1S/C44H30N4/c1-29(23-24-30(2)47-40-18-8-3-13-33(40)34-14-4-9-19-41(34)47)38-25-31(27-45)32(28-46)26-39(38)37-17-7-12-22-44(37)48-42-20-10-5-15-35(42)36-16-6-11-21-43(36)48/h3-26H,1-2H3/b29-23+,30-24+. The lowest BCUT2D eigenvalue weighted by Crippen LogP contribution is -2.00. The molecule has 0 radical (unpaired) electrons. The Bertz CT molecular complexity index is 2610. The summed E-state index contributed by atoms with van der Waals surface area (Å²) in [5.74, 6) is 0. The van der Waals surface area contributed by atoms with Crippen LogP contribution >= 0.6 is 0 Å². The average molecular weight is 615 g/mol. The van der Waals surface area contributed by atoms with Crippen LogP contribution in [-0.4, -0.2) is 9.13 Å². The smallest absolute Gasteiger partial charge is 0.101 e. The molecule has 0 aliphatic rings. The molecule has 0 atom stereocenters. The molecule has 8 aromatic rings. The Hall–Kier alpha value is -6.62. The van der Waals surface area contributed by atoms with Gasteiger partial charge in [-0.25, -0.2) is 0 Å². The largest absolute Gasteiger partial charge is 0.313 e. The molecule has 8 rings (SSSR count). The summed E-state index contributed by atoms with van der Waals surface area (Å²) in [4.78, 5) is 0. The minimum atomic E-state index is 0.359.